The molecule has 0 amide bonds. The third kappa shape index (κ3) is 2.05. The van der Waals surface area contributed by atoms with Crippen molar-refractivity contribution in [3.8, 4) is 0 Å². The van der Waals surface area contributed by atoms with Crippen molar-refractivity contribution in [2.75, 3.05) is 0 Å². The van der Waals surface area contributed by atoms with Gasteiger partial charge in [-0.2, -0.15) is 0 Å². The van der Waals surface area contributed by atoms with Crippen molar-refractivity contribution in [1.29, 1.82) is 0 Å². The minimum absolute atomic E-state index is 0.0382. The molecule has 2 aromatic rings. The molecule has 1 aromatic heterocycles. The van der Waals surface area contributed by atoms with Crippen LogP contribution < -0.4 is 5.69 Å². The van der Waals surface area contributed by atoms with Gasteiger partial charge >= 0.3 is 5.69 Å². The van der Waals surface area contributed by atoms with Crippen LogP contribution in [0.2, 0.25) is 0 Å². The van der Waals surface area contributed by atoms with Crippen LogP contribution in [0, 0.1) is 0 Å². The molecule has 88 valence electrons. The van der Waals surface area contributed by atoms with E-state index in [0.29, 0.717) is 6.54 Å². The lowest BCUT2D eigenvalue weighted by molar-refractivity contribution is 0.717. The number of rotatable bonds is 3. The maximum Gasteiger partial charge on any atom is 0.328 e. The zero-order chi connectivity index (χ0) is 11.8. The van der Waals surface area contributed by atoms with Crippen molar-refractivity contribution >= 4 is 0 Å². The van der Waals surface area contributed by atoms with Crippen molar-refractivity contribution in [2.24, 2.45) is 7.05 Å². The first-order valence-corrected chi connectivity index (χ1v) is 6.04. The third-order valence-corrected chi connectivity index (χ3v) is 3.40. The number of nitrogens with zero attached hydrogens (tertiary/aromatic N) is 2. The SMILES string of the molecule is Cn1ccn(Cc2ccc(C3CC3)cc2)c1=O. The van der Waals surface area contributed by atoms with Gasteiger partial charge < -0.3 is 4.57 Å². The summed E-state index contributed by atoms with van der Waals surface area (Å²) in [5, 5.41) is 0. The summed E-state index contributed by atoms with van der Waals surface area (Å²) in [6.45, 7) is 0.657. The molecular formula is C14H16N2O. The summed E-state index contributed by atoms with van der Waals surface area (Å²) in [6.07, 6.45) is 6.28. The van der Waals surface area contributed by atoms with Crippen LogP contribution in [0.15, 0.2) is 41.5 Å². The summed E-state index contributed by atoms with van der Waals surface area (Å²) in [4.78, 5) is 11.7. The smallest absolute Gasteiger partial charge is 0.302 e. The molecule has 0 unspecified atom stereocenters. The Morgan fingerprint density at radius 3 is 2.41 bits per heavy atom. The molecule has 0 N–H and O–H groups in total. The average Bonchev–Trinajstić information content (AvgIpc) is 3.14. The van der Waals surface area contributed by atoms with E-state index in [-0.39, 0.29) is 5.69 Å². The number of hydrogen-bond donors (Lipinski definition) is 0. The second-order valence-corrected chi connectivity index (χ2v) is 4.84. The summed E-state index contributed by atoms with van der Waals surface area (Å²) >= 11 is 0. The fourth-order valence-electron chi connectivity index (χ4n) is 2.14. The van der Waals surface area contributed by atoms with Gasteiger partial charge in [0.05, 0.1) is 6.54 Å². The molecule has 0 spiro atoms. The lowest BCUT2D eigenvalue weighted by Crippen LogP contribution is -2.22. The molecule has 3 nitrogen and oxygen atoms in total. The number of aromatic nitrogens is 2. The molecule has 1 fully saturated rings. The van der Waals surface area contributed by atoms with Gasteiger partial charge in [0.2, 0.25) is 0 Å². The molecule has 0 bridgehead atoms. The highest BCUT2D eigenvalue weighted by atomic mass is 16.1. The Balaban J connectivity index is 1.80. The van der Waals surface area contributed by atoms with Gasteiger partial charge in [-0.1, -0.05) is 24.3 Å². The van der Waals surface area contributed by atoms with E-state index in [1.807, 2.05) is 6.20 Å². The van der Waals surface area contributed by atoms with Crippen molar-refractivity contribution in [3.63, 3.8) is 0 Å². The Kier molecular flexibility index (Phi) is 2.39. The molecule has 0 radical (unpaired) electrons. The van der Waals surface area contributed by atoms with E-state index in [4.69, 9.17) is 0 Å². The number of hydrogen-bond acceptors (Lipinski definition) is 1. The van der Waals surface area contributed by atoms with E-state index in [9.17, 15) is 4.79 Å². The summed E-state index contributed by atoms with van der Waals surface area (Å²) < 4.78 is 3.32. The van der Waals surface area contributed by atoms with Crippen molar-refractivity contribution < 1.29 is 0 Å². The molecule has 1 aliphatic rings. The number of benzene rings is 1. The van der Waals surface area contributed by atoms with Gasteiger partial charge in [-0.05, 0) is 29.9 Å². The van der Waals surface area contributed by atoms with Gasteiger partial charge in [0, 0.05) is 19.4 Å². The van der Waals surface area contributed by atoms with Crippen LogP contribution in [0.4, 0.5) is 0 Å². The number of imidazole rings is 1. The van der Waals surface area contributed by atoms with Gasteiger partial charge in [-0.15, -0.1) is 0 Å². The summed E-state index contributed by atoms with van der Waals surface area (Å²) in [5.41, 5.74) is 2.66. The first-order chi connectivity index (χ1) is 8.24. The summed E-state index contributed by atoms with van der Waals surface area (Å²) in [6, 6.07) is 8.65. The highest BCUT2D eigenvalue weighted by Gasteiger charge is 2.22. The van der Waals surface area contributed by atoms with Gasteiger partial charge in [0.1, 0.15) is 0 Å². The van der Waals surface area contributed by atoms with Crippen LogP contribution in [0.1, 0.15) is 29.9 Å². The number of aryl methyl sites for hydroxylation is 1. The van der Waals surface area contributed by atoms with E-state index in [0.717, 1.165) is 5.92 Å². The van der Waals surface area contributed by atoms with E-state index in [1.54, 1.807) is 22.4 Å². The quantitative estimate of drug-likeness (QED) is 0.790. The van der Waals surface area contributed by atoms with Crippen LogP contribution in [-0.4, -0.2) is 9.13 Å². The summed E-state index contributed by atoms with van der Waals surface area (Å²) in [5.74, 6) is 0.795. The van der Waals surface area contributed by atoms with E-state index in [1.165, 1.54) is 24.0 Å². The topological polar surface area (TPSA) is 26.9 Å². The lowest BCUT2D eigenvalue weighted by Gasteiger charge is -2.03. The average molecular weight is 228 g/mol. The second-order valence-electron chi connectivity index (χ2n) is 4.84. The monoisotopic (exact) mass is 228 g/mol. The minimum Gasteiger partial charge on any atom is -0.302 e. The molecule has 0 aliphatic heterocycles. The first kappa shape index (κ1) is 10.4. The zero-order valence-electron chi connectivity index (χ0n) is 9.97. The molecule has 17 heavy (non-hydrogen) atoms. The summed E-state index contributed by atoms with van der Waals surface area (Å²) in [7, 11) is 1.77. The van der Waals surface area contributed by atoms with Crippen LogP contribution >= 0.6 is 0 Å². The Bertz CT molecular complexity index is 573. The molecule has 1 aromatic carbocycles. The predicted molar refractivity (Wildman–Crippen MR) is 67.2 cm³/mol. The van der Waals surface area contributed by atoms with Crippen molar-refractivity contribution in [3.05, 3.63) is 58.3 Å². The second kappa shape index (κ2) is 3.91. The molecule has 0 saturated heterocycles. The van der Waals surface area contributed by atoms with E-state index in [2.05, 4.69) is 24.3 Å². The Morgan fingerprint density at radius 2 is 1.88 bits per heavy atom. The van der Waals surface area contributed by atoms with Gasteiger partial charge in [0.25, 0.3) is 0 Å². The van der Waals surface area contributed by atoms with E-state index >= 15 is 0 Å². The van der Waals surface area contributed by atoms with Gasteiger partial charge in [0.15, 0.2) is 0 Å². The molecular weight excluding hydrogens is 212 g/mol. The van der Waals surface area contributed by atoms with Gasteiger partial charge in [-0.25, -0.2) is 4.79 Å². The first-order valence-electron chi connectivity index (χ1n) is 6.04. The van der Waals surface area contributed by atoms with Crippen molar-refractivity contribution in [1.82, 2.24) is 9.13 Å². The molecule has 1 saturated carbocycles. The third-order valence-electron chi connectivity index (χ3n) is 3.40. The largest absolute Gasteiger partial charge is 0.328 e. The standard InChI is InChI=1S/C14H16N2O/c1-15-8-9-16(14(15)17)10-11-2-4-12(5-3-11)13-6-7-13/h2-5,8-9,13H,6-7,10H2,1H3. The molecule has 1 aliphatic carbocycles. The Morgan fingerprint density at radius 1 is 1.18 bits per heavy atom. The highest BCUT2D eigenvalue weighted by molar-refractivity contribution is 5.28. The highest BCUT2D eigenvalue weighted by Crippen LogP contribution is 2.39. The molecule has 1 heterocycles. The van der Waals surface area contributed by atoms with Crippen LogP contribution in [0.5, 0.6) is 0 Å². The van der Waals surface area contributed by atoms with Gasteiger partial charge in [-0.3, -0.25) is 4.57 Å². The minimum atomic E-state index is 0.0382. The Hall–Kier alpha value is -1.77. The molecule has 3 rings (SSSR count). The molecule has 3 heteroatoms. The molecule has 0 atom stereocenters. The van der Waals surface area contributed by atoms with Crippen LogP contribution in [0.25, 0.3) is 0 Å². The van der Waals surface area contributed by atoms with Crippen LogP contribution in [-0.2, 0) is 13.6 Å². The normalized spacial score (nSPS) is 15.1. The van der Waals surface area contributed by atoms with Crippen molar-refractivity contribution in [2.45, 2.75) is 25.3 Å². The maximum absolute atomic E-state index is 11.7. The Labute approximate surface area is 100 Å². The zero-order valence-corrected chi connectivity index (χ0v) is 9.97. The van der Waals surface area contributed by atoms with Crippen LogP contribution in [0.3, 0.4) is 0 Å². The fourth-order valence-corrected chi connectivity index (χ4v) is 2.14. The maximum atomic E-state index is 11.7. The lowest BCUT2D eigenvalue weighted by atomic mass is 10.1. The fraction of sp³-hybridized carbons (Fsp3) is 0.357. The predicted octanol–water partition coefficient (Wildman–Crippen LogP) is 2.11. The van der Waals surface area contributed by atoms with E-state index < -0.39 is 0 Å².